The third kappa shape index (κ3) is 116. The van der Waals surface area contributed by atoms with E-state index < -0.39 is 20.8 Å². The van der Waals surface area contributed by atoms with Gasteiger partial charge in [0.1, 0.15) is 0 Å². The molecule has 14 nitrogen and oxygen atoms in total. The van der Waals surface area contributed by atoms with Crippen molar-refractivity contribution in [3.05, 3.63) is 0 Å². The van der Waals surface area contributed by atoms with Crippen molar-refractivity contribution < 1.29 is 64.6 Å². The molecule has 0 aromatic heterocycles. The summed E-state index contributed by atoms with van der Waals surface area (Å²) in [5.41, 5.74) is 0. The van der Waals surface area contributed by atoms with Crippen molar-refractivity contribution in [3.8, 4) is 0 Å². The van der Waals surface area contributed by atoms with E-state index in [0.29, 0.717) is 0 Å². The first-order valence-corrected chi connectivity index (χ1v) is 10.5. The Morgan fingerprint density at radius 2 is 0.750 bits per heavy atom. The zero-order valence-electron chi connectivity index (χ0n) is 16.6. The van der Waals surface area contributed by atoms with Crippen LogP contribution in [0.3, 0.4) is 0 Å². The zero-order chi connectivity index (χ0) is 22.9. The van der Waals surface area contributed by atoms with Crippen molar-refractivity contribution in [1.82, 2.24) is 0 Å². The summed E-state index contributed by atoms with van der Waals surface area (Å²) in [5, 5.41) is 4.35. The maximum Gasteiger partial charge on any atom is 0.215 e. The Morgan fingerprint density at radius 3 is 0.857 bits per heavy atom. The van der Waals surface area contributed by atoms with Gasteiger partial charge in [-0.15, -0.1) is 0 Å². The van der Waals surface area contributed by atoms with E-state index in [1.165, 1.54) is 0 Å². The summed E-state index contributed by atoms with van der Waals surface area (Å²) in [6.07, 6.45) is 0. The first-order valence-electron chi connectivity index (χ1n) is 7.79. The molecule has 0 amide bonds. The molecule has 0 aliphatic heterocycles. The summed E-state index contributed by atoms with van der Waals surface area (Å²) in [4.78, 5) is 0. The molecule has 176 valence electrons. The molecule has 0 unspecified atom stereocenters. The molecule has 0 aliphatic carbocycles. The average Bonchev–Trinajstić information content (AvgIpc) is 2.52. The minimum Gasteiger partial charge on any atom is -0.726 e. The zero-order valence-corrected chi connectivity index (χ0v) is 18.2. The second-order valence-corrected chi connectivity index (χ2v) is 6.27. The van der Waals surface area contributed by atoms with E-state index in [1.54, 1.807) is 28.4 Å². The molecule has 0 saturated heterocycles. The quantitative estimate of drug-likeness (QED) is 0.123. The van der Waals surface area contributed by atoms with Gasteiger partial charge in [-0.1, -0.05) is 0 Å². The van der Waals surface area contributed by atoms with E-state index in [0.717, 1.165) is 52.6 Å². The summed E-state index contributed by atoms with van der Waals surface area (Å²) in [7, 11) is -2.98. The molecule has 0 saturated carbocycles. The third-order valence-corrected chi connectivity index (χ3v) is 2.10. The highest BCUT2D eigenvalue weighted by Gasteiger charge is 1.87. The normalized spacial score (nSPS) is 10.6. The predicted molar refractivity (Wildman–Crippen MR) is 95.5 cm³/mol. The first-order chi connectivity index (χ1) is 12.8. The van der Waals surface area contributed by atoms with E-state index in [2.05, 4.69) is 10.6 Å². The fraction of sp³-hybridized carbons (Fsp3) is 1.00. The van der Waals surface area contributed by atoms with Crippen molar-refractivity contribution in [2.24, 2.45) is 0 Å². The molecule has 0 aromatic rings. The molecule has 16 heteroatoms. The van der Waals surface area contributed by atoms with Crippen molar-refractivity contribution in [2.45, 2.75) is 0 Å². The smallest absolute Gasteiger partial charge is 0.215 e. The van der Waals surface area contributed by atoms with Gasteiger partial charge in [0.25, 0.3) is 0 Å². The Kier molecular flexibility index (Phi) is 33.1. The highest BCUT2D eigenvalue weighted by Crippen LogP contribution is 1.59. The van der Waals surface area contributed by atoms with Gasteiger partial charge < -0.3 is 38.7 Å². The molecular formula is C12H34N2O12S2. The number of hydrogen-bond donors (Lipinski definition) is 4. The highest BCUT2D eigenvalue weighted by atomic mass is 32.3. The Balaban J connectivity index is -0.000000143. The minimum atomic E-state index is -4.92. The van der Waals surface area contributed by atoms with Gasteiger partial charge in [-0.05, 0) is 0 Å². The molecule has 6 N–H and O–H groups in total. The minimum absolute atomic E-state index is 0.823. The van der Waals surface area contributed by atoms with E-state index >= 15 is 0 Å². The Bertz CT molecular complexity index is 401. The summed E-state index contributed by atoms with van der Waals surface area (Å²) >= 11 is 0. The van der Waals surface area contributed by atoms with Crippen LogP contribution >= 0.6 is 0 Å². The molecule has 0 atom stereocenters. The van der Waals surface area contributed by atoms with Gasteiger partial charge in [-0.25, -0.2) is 16.8 Å². The molecule has 0 aliphatic rings. The van der Waals surface area contributed by atoms with Crippen molar-refractivity contribution >= 4 is 20.8 Å². The number of quaternary nitrogens is 2. The van der Waals surface area contributed by atoms with Crippen molar-refractivity contribution in [2.75, 3.05) is 81.0 Å². The fourth-order valence-corrected chi connectivity index (χ4v) is 1.09. The highest BCUT2D eigenvalue weighted by molar-refractivity contribution is 7.80. The van der Waals surface area contributed by atoms with Crippen LogP contribution in [0.15, 0.2) is 0 Å². The lowest BCUT2D eigenvalue weighted by molar-refractivity contribution is -0.657. The van der Waals surface area contributed by atoms with Crippen LogP contribution in [-0.2, 0) is 39.7 Å². The van der Waals surface area contributed by atoms with Gasteiger partial charge in [0, 0.05) is 28.4 Å². The maximum absolute atomic E-state index is 8.63. The summed E-state index contributed by atoms with van der Waals surface area (Å²) < 4.78 is 85.1. The maximum atomic E-state index is 8.63. The average molecular weight is 463 g/mol. The van der Waals surface area contributed by atoms with Crippen LogP contribution in [0.2, 0.25) is 0 Å². The molecule has 0 heterocycles. The van der Waals surface area contributed by atoms with E-state index in [1.807, 2.05) is 0 Å². The van der Waals surface area contributed by atoms with Gasteiger partial charge in [-0.2, -0.15) is 0 Å². The molecule has 0 radical (unpaired) electrons. The van der Waals surface area contributed by atoms with Gasteiger partial charge >= 0.3 is 0 Å². The Labute approximate surface area is 167 Å². The molecule has 0 bridgehead atoms. The standard InChI is InChI=1S/2C6H15NO2.2H2O4S/c2*1-8-5-3-7-4-6-9-2;2*1-5(2,3)4/h2*7H,3-6H2,1-2H3;2*(H2,1,2,3,4). The first kappa shape index (κ1) is 35.0. The monoisotopic (exact) mass is 462 g/mol. The number of nitrogens with two attached hydrogens (primary N) is 2. The molecule has 0 spiro atoms. The van der Waals surface area contributed by atoms with Crippen LogP contribution in [0.25, 0.3) is 0 Å². The van der Waals surface area contributed by atoms with E-state index in [9.17, 15) is 0 Å². The Morgan fingerprint density at radius 1 is 0.607 bits per heavy atom. The largest absolute Gasteiger partial charge is 0.726 e. The predicted octanol–water partition coefficient (Wildman–Crippen LogP) is -4.31. The van der Waals surface area contributed by atoms with Crippen LogP contribution in [0.4, 0.5) is 0 Å². The fourth-order valence-electron chi connectivity index (χ4n) is 1.09. The second kappa shape index (κ2) is 26.5. The second-order valence-electron chi connectivity index (χ2n) is 4.56. The van der Waals surface area contributed by atoms with Crippen molar-refractivity contribution in [1.29, 1.82) is 0 Å². The van der Waals surface area contributed by atoms with Crippen LogP contribution in [0.5, 0.6) is 0 Å². The molecule has 0 fully saturated rings. The van der Waals surface area contributed by atoms with E-state index in [4.69, 9.17) is 54.0 Å². The van der Waals surface area contributed by atoms with Crippen LogP contribution < -0.4 is 10.6 Å². The summed E-state index contributed by atoms with van der Waals surface area (Å²) in [6.45, 7) is 7.40. The lowest BCUT2D eigenvalue weighted by Gasteiger charge is -1.98. The molecule has 0 rings (SSSR count). The van der Waals surface area contributed by atoms with Crippen molar-refractivity contribution in [3.63, 3.8) is 0 Å². The lowest BCUT2D eigenvalue weighted by atomic mass is 10.6. The number of ether oxygens (including phenoxy) is 4. The lowest BCUT2D eigenvalue weighted by Crippen LogP contribution is -2.86. The summed E-state index contributed by atoms with van der Waals surface area (Å²) in [6, 6.07) is 0. The molecular weight excluding hydrogens is 428 g/mol. The van der Waals surface area contributed by atoms with Crippen LogP contribution in [0.1, 0.15) is 0 Å². The molecule has 0 aromatic carbocycles. The van der Waals surface area contributed by atoms with Crippen LogP contribution in [-0.4, -0.2) is 116 Å². The molecule has 28 heavy (non-hydrogen) atoms. The SMILES string of the molecule is COCC[NH2+]CCOC.COCC[NH2+]CCOC.O=S(=O)([O-])O.O=S(=O)([O-])O. The van der Waals surface area contributed by atoms with Gasteiger partial charge in [0.15, 0.2) is 0 Å². The van der Waals surface area contributed by atoms with Gasteiger partial charge in [-0.3, -0.25) is 9.11 Å². The van der Waals surface area contributed by atoms with Gasteiger partial charge in [0.05, 0.1) is 52.6 Å². The topological polar surface area (TPSA) is 225 Å². The third-order valence-electron chi connectivity index (χ3n) is 2.10. The number of rotatable bonds is 12. The Hall–Kier alpha value is -0.500. The van der Waals surface area contributed by atoms with E-state index in [-0.39, 0.29) is 0 Å². The number of hydrogen-bond acceptors (Lipinski definition) is 10. The summed E-state index contributed by atoms with van der Waals surface area (Å²) in [5.74, 6) is 0. The van der Waals surface area contributed by atoms with Crippen LogP contribution in [0, 0.1) is 0 Å². The van der Waals surface area contributed by atoms with Gasteiger partial charge in [0.2, 0.25) is 20.8 Å². The number of methoxy groups -OCH3 is 4.